The molecule has 0 saturated heterocycles. The van der Waals surface area contributed by atoms with Crippen molar-refractivity contribution in [3.05, 3.63) is 17.2 Å². The molecule has 5 nitrogen and oxygen atoms in total. The zero-order valence-corrected chi connectivity index (χ0v) is 10.5. The molecule has 1 aromatic carbocycles. The number of rotatable bonds is 3. The van der Waals surface area contributed by atoms with Crippen LogP contribution in [0.2, 0.25) is 5.02 Å². The van der Waals surface area contributed by atoms with Gasteiger partial charge in [-0.2, -0.15) is 0 Å². The summed E-state index contributed by atoms with van der Waals surface area (Å²) in [5, 5.41) is 6.76. The molecule has 1 aliphatic rings. The van der Waals surface area contributed by atoms with Crippen LogP contribution in [0.1, 0.15) is 0 Å². The summed E-state index contributed by atoms with van der Waals surface area (Å²) in [6.07, 6.45) is 0. The molecule has 2 rings (SSSR count). The molecule has 0 fully saturated rings. The van der Waals surface area contributed by atoms with Gasteiger partial charge in [0, 0.05) is 12.6 Å². The van der Waals surface area contributed by atoms with E-state index >= 15 is 0 Å². The number of anilines is 1. The zero-order valence-electron chi connectivity index (χ0n) is 9.71. The van der Waals surface area contributed by atoms with Crippen LogP contribution in [0.5, 0.6) is 11.5 Å². The van der Waals surface area contributed by atoms with E-state index in [0.717, 1.165) is 24.7 Å². The smallest absolute Gasteiger partial charge is 0.196 e. The van der Waals surface area contributed by atoms with E-state index in [9.17, 15) is 0 Å². The molecule has 0 saturated carbocycles. The van der Waals surface area contributed by atoms with Crippen molar-refractivity contribution in [3.63, 3.8) is 0 Å². The normalized spacial score (nSPS) is 13.9. The summed E-state index contributed by atoms with van der Waals surface area (Å²) in [6.45, 7) is 1.61. The number of aliphatic imine (C=N–C) groups is 1. The van der Waals surface area contributed by atoms with E-state index in [-0.39, 0.29) is 0 Å². The van der Waals surface area contributed by atoms with Gasteiger partial charge < -0.3 is 20.1 Å². The second-order valence-corrected chi connectivity index (χ2v) is 3.88. The summed E-state index contributed by atoms with van der Waals surface area (Å²) in [6, 6.07) is 3.49. The minimum atomic E-state index is 0.523. The van der Waals surface area contributed by atoms with Crippen molar-refractivity contribution < 1.29 is 9.47 Å². The van der Waals surface area contributed by atoms with Crippen LogP contribution in [0, 0.1) is 0 Å². The van der Waals surface area contributed by atoms with Crippen molar-refractivity contribution in [1.29, 1.82) is 0 Å². The number of hydrogen-bond donors (Lipinski definition) is 2. The topological polar surface area (TPSA) is 54.9 Å². The Morgan fingerprint density at radius 1 is 1.29 bits per heavy atom. The van der Waals surface area contributed by atoms with Crippen LogP contribution >= 0.6 is 11.6 Å². The van der Waals surface area contributed by atoms with E-state index in [2.05, 4.69) is 15.6 Å². The highest BCUT2D eigenvalue weighted by molar-refractivity contribution is 6.32. The maximum atomic E-state index is 6.06. The Balaban J connectivity index is 2.28. The third-order valence-electron chi connectivity index (χ3n) is 2.40. The minimum Gasteiger partial charge on any atom is -0.495 e. The predicted molar refractivity (Wildman–Crippen MR) is 68.5 cm³/mol. The number of halogens is 1. The van der Waals surface area contributed by atoms with Crippen LogP contribution in [0.4, 0.5) is 5.69 Å². The van der Waals surface area contributed by atoms with E-state index in [4.69, 9.17) is 21.1 Å². The molecule has 0 aromatic heterocycles. The number of nitrogens with one attached hydrogen (secondary N) is 2. The monoisotopic (exact) mass is 255 g/mol. The number of guanidine groups is 1. The Morgan fingerprint density at radius 2 is 2.06 bits per heavy atom. The highest BCUT2D eigenvalue weighted by Crippen LogP contribution is 2.35. The quantitative estimate of drug-likeness (QED) is 0.864. The van der Waals surface area contributed by atoms with E-state index in [1.807, 2.05) is 0 Å². The highest BCUT2D eigenvalue weighted by atomic mass is 35.5. The molecule has 92 valence electrons. The van der Waals surface area contributed by atoms with E-state index < -0.39 is 0 Å². The van der Waals surface area contributed by atoms with Crippen LogP contribution in [-0.4, -0.2) is 33.3 Å². The van der Waals surface area contributed by atoms with Gasteiger partial charge >= 0.3 is 0 Å². The predicted octanol–water partition coefficient (Wildman–Crippen LogP) is 1.73. The first-order valence-corrected chi connectivity index (χ1v) is 5.59. The largest absolute Gasteiger partial charge is 0.495 e. The Morgan fingerprint density at radius 3 is 2.65 bits per heavy atom. The maximum Gasteiger partial charge on any atom is 0.196 e. The summed E-state index contributed by atoms with van der Waals surface area (Å²) < 4.78 is 10.4. The fraction of sp³-hybridized carbons (Fsp3) is 0.364. The number of ether oxygens (including phenoxy) is 2. The summed E-state index contributed by atoms with van der Waals surface area (Å²) in [7, 11) is 3.16. The minimum absolute atomic E-state index is 0.523. The summed E-state index contributed by atoms with van der Waals surface area (Å²) in [5.41, 5.74) is 0.756. The molecule has 1 aliphatic heterocycles. The molecule has 0 unspecified atom stereocenters. The molecule has 17 heavy (non-hydrogen) atoms. The standard InChI is InChI=1S/C11H14ClN3O2/c1-16-9-6-10(17-2)8(5-7(9)12)15-11-13-3-4-14-11/h5-6H,3-4H2,1-2H3,(H2,13,14,15). The molecule has 0 spiro atoms. The van der Waals surface area contributed by atoms with Gasteiger partial charge in [0.25, 0.3) is 0 Å². The Hall–Kier alpha value is -1.62. The van der Waals surface area contributed by atoms with E-state index in [0.29, 0.717) is 16.5 Å². The molecule has 6 heteroatoms. The molecule has 0 radical (unpaired) electrons. The summed E-state index contributed by atoms with van der Waals surface area (Å²) >= 11 is 6.06. The molecule has 0 bridgehead atoms. The Kier molecular flexibility index (Phi) is 3.58. The molecule has 1 heterocycles. The average molecular weight is 256 g/mol. The molecule has 2 N–H and O–H groups in total. The van der Waals surface area contributed by atoms with E-state index in [1.165, 1.54) is 0 Å². The second kappa shape index (κ2) is 5.14. The van der Waals surface area contributed by atoms with Crippen LogP contribution in [-0.2, 0) is 0 Å². The van der Waals surface area contributed by atoms with Crippen LogP contribution in [0.15, 0.2) is 17.1 Å². The first-order valence-electron chi connectivity index (χ1n) is 5.21. The lowest BCUT2D eigenvalue weighted by molar-refractivity contribution is 0.396. The van der Waals surface area contributed by atoms with Crippen molar-refractivity contribution in [1.82, 2.24) is 5.32 Å². The SMILES string of the molecule is COc1cc(OC)c(NC2=NCCN2)cc1Cl. The van der Waals surface area contributed by atoms with Gasteiger partial charge in [0.2, 0.25) is 0 Å². The number of methoxy groups -OCH3 is 2. The van der Waals surface area contributed by atoms with E-state index in [1.54, 1.807) is 26.4 Å². The van der Waals surface area contributed by atoms with Gasteiger partial charge in [-0.25, -0.2) is 0 Å². The van der Waals surface area contributed by atoms with Gasteiger partial charge in [-0.15, -0.1) is 0 Å². The molecule has 0 amide bonds. The van der Waals surface area contributed by atoms with Crippen molar-refractivity contribution in [3.8, 4) is 11.5 Å². The van der Waals surface area contributed by atoms with Crippen molar-refractivity contribution in [2.75, 3.05) is 32.6 Å². The Labute approximate surface area is 105 Å². The molecular weight excluding hydrogens is 242 g/mol. The third kappa shape index (κ3) is 2.55. The highest BCUT2D eigenvalue weighted by Gasteiger charge is 2.12. The molecule has 0 atom stereocenters. The van der Waals surface area contributed by atoms with Gasteiger partial charge in [0.05, 0.1) is 31.5 Å². The van der Waals surface area contributed by atoms with Crippen LogP contribution in [0.25, 0.3) is 0 Å². The number of nitrogens with zero attached hydrogens (tertiary/aromatic N) is 1. The fourth-order valence-electron chi connectivity index (χ4n) is 1.57. The average Bonchev–Trinajstić information content (AvgIpc) is 2.82. The molecule has 0 aliphatic carbocycles. The van der Waals surface area contributed by atoms with Crippen LogP contribution < -0.4 is 20.1 Å². The van der Waals surface area contributed by atoms with Gasteiger partial charge in [0.1, 0.15) is 11.5 Å². The third-order valence-corrected chi connectivity index (χ3v) is 2.70. The summed E-state index contributed by atoms with van der Waals surface area (Å²) in [5.74, 6) is 1.96. The first-order chi connectivity index (χ1) is 8.24. The lowest BCUT2D eigenvalue weighted by Gasteiger charge is -2.13. The lowest BCUT2D eigenvalue weighted by atomic mass is 10.2. The van der Waals surface area contributed by atoms with Gasteiger partial charge in [-0.1, -0.05) is 11.6 Å². The van der Waals surface area contributed by atoms with Crippen molar-refractivity contribution in [2.24, 2.45) is 4.99 Å². The zero-order chi connectivity index (χ0) is 12.3. The lowest BCUT2D eigenvalue weighted by Crippen LogP contribution is -2.26. The molecular formula is C11H14ClN3O2. The second-order valence-electron chi connectivity index (χ2n) is 3.47. The maximum absolute atomic E-state index is 6.06. The Bertz CT molecular complexity index is 449. The van der Waals surface area contributed by atoms with Gasteiger partial charge in [0.15, 0.2) is 5.96 Å². The van der Waals surface area contributed by atoms with Crippen molar-refractivity contribution >= 4 is 23.2 Å². The van der Waals surface area contributed by atoms with Crippen molar-refractivity contribution in [2.45, 2.75) is 0 Å². The van der Waals surface area contributed by atoms with Gasteiger partial charge in [-0.3, -0.25) is 4.99 Å². The number of benzene rings is 1. The molecule has 1 aromatic rings. The number of hydrogen-bond acceptors (Lipinski definition) is 5. The van der Waals surface area contributed by atoms with Gasteiger partial charge in [-0.05, 0) is 6.07 Å². The summed E-state index contributed by atoms with van der Waals surface area (Å²) in [4.78, 5) is 4.24. The first kappa shape index (κ1) is 11.9. The fourth-order valence-corrected chi connectivity index (χ4v) is 1.81. The van der Waals surface area contributed by atoms with Crippen LogP contribution in [0.3, 0.4) is 0 Å².